The van der Waals surface area contributed by atoms with E-state index in [2.05, 4.69) is 16.6 Å². The molecular formula is C17H14N2O. The lowest BCUT2D eigenvalue weighted by Crippen LogP contribution is -2.32. The normalized spacial score (nSPS) is 15.8. The predicted molar refractivity (Wildman–Crippen MR) is 80.6 cm³/mol. The molecular weight excluding hydrogens is 248 g/mol. The highest BCUT2D eigenvalue weighted by Gasteiger charge is 2.26. The molecule has 3 rings (SSSR count). The summed E-state index contributed by atoms with van der Waals surface area (Å²) in [5, 5.41) is 6.13. The Hall–Kier alpha value is -2.73. The quantitative estimate of drug-likeness (QED) is 0.817. The van der Waals surface area contributed by atoms with Crippen LogP contribution in [0.5, 0.6) is 0 Å². The summed E-state index contributed by atoms with van der Waals surface area (Å²) in [6, 6.07) is 15.0. The van der Waals surface area contributed by atoms with Gasteiger partial charge in [0.15, 0.2) is 0 Å². The lowest BCUT2D eigenvalue weighted by atomic mass is 10.1. The number of fused-ring (bicyclic) bond motifs is 1. The number of anilines is 2. The first-order chi connectivity index (χ1) is 9.76. The molecule has 0 saturated carbocycles. The molecule has 2 N–H and O–H groups in total. The fourth-order valence-corrected chi connectivity index (χ4v) is 2.37. The number of rotatable bonds is 2. The van der Waals surface area contributed by atoms with E-state index < -0.39 is 0 Å². The van der Waals surface area contributed by atoms with Crippen LogP contribution in [0.25, 0.3) is 0 Å². The van der Waals surface area contributed by atoms with E-state index >= 15 is 0 Å². The lowest BCUT2D eigenvalue weighted by Gasteiger charge is -2.12. The van der Waals surface area contributed by atoms with E-state index in [-0.39, 0.29) is 11.9 Å². The maximum absolute atomic E-state index is 12.3. The molecule has 0 bridgehead atoms. The summed E-state index contributed by atoms with van der Waals surface area (Å²) < 4.78 is 0. The zero-order valence-electron chi connectivity index (χ0n) is 10.9. The average Bonchev–Trinajstić information content (AvgIpc) is 2.91. The monoisotopic (exact) mass is 262 g/mol. The molecule has 1 atom stereocenters. The van der Waals surface area contributed by atoms with Gasteiger partial charge in [-0.1, -0.05) is 30.2 Å². The van der Waals surface area contributed by atoms with Crippen molar-refractivity contribution in [3.63, 3.8) is 0 Å². The van der Waals surface area contributed by atoms with E-state index in [9.17, 15) is 4.79 Å². The van der Waals surface area contributed by atoms with Gasteiger partial charge in [-0.2, -0.15) is 0 Å². The fourth-order valence-electron chi connectivity index (χ4n) is 2.37. The summed E-state index contributed by atoms with van der Waals surface area (Å²) >= 11 is 0. The minimum atomic E-state index is -0.234. The van der Waals surface area contributed by atoms with E-state index in [1.54, 1.807) is 6.07 Å². The number of nitrogens with one attached hydrogen (secondary N) is 2. The van der Waals surface area contributed by atoms with E-state index in [1.807, 2.05) is 42.5 Å². The van der Waals surface area contributed by atoms with Crippen LogP contribution >= 0.6 is 0 Å². The van der Waals surface area contributed by atoms with E-state index in [1.165, 1.54) is 5.56 Å². The van der Waals surface area contributed by atoms with Gasteiger partial charge in [0.2, 0.25) is 5.91 Å². The maximum Gasteiger partial charge on any atom is 0.247 e. The van der Waals surface area contributed by atoms with Gasteiger partial charge in [-0.05, 0) is 29.8 Å². The van der Waals surface area contributed by atoms with Crippen molar-refractivity contribution in [2.75, 3.05) is 10.6 Å². The summed E-state index contributed by atoms with van der Waals surface area (Å²) in [5.74, 6) is 2.51. The Bertz CT molecular complexity index is 675. The number of hydrogen-bond donors (Lipinski definition) is 2. The van der Waals surface area contributed by atoms with Gasteiger partial charge >= 0.3 is 0 Å². The summed E-state index contributed by atoms with van der Waals surface area (Å²) in [7, 11) is 0. The number of carbonyl (C=O) groups excluding carboxylic acids is 1. The molecule has 0 aliphatic carbocycles. The third-order valence-electron chi connectivity index (χ3n) is 3.38. The van der Waals surface area contributed by atoms with Crippen LogP contribution < -0.4 is 10.6 Å². The van der Waals surface area contributed by atoms with Crippen molar-refractivity contribution < 1.29 is 4.79 Å². The molecule has 3 heteroatoms. The van der Waals surface area contributed by atoms with Gasteiger partial charge in [-0.25, -0.2) is 0 Å². The number of benzene rings is 2. The minimum absolute atomic E-state index is 0.0460. The molecule has 1 aliphatic rings. The molecule has 1 unspecified atom stereocenters. The second-order valence-corrected chi connectivity index (χ2v) is 4.77. The first-order valence-corrected chi connectivity index (χ1v) is 6.48. The zero-order valence-corrected chi connectivity index (χ0v) is 10.9. The highest BCUT2D eigenvalue weighted by Crippen LogP contribution is 2.25. The highest BCUT2D eigenvalue weighted by molar-refractivity contribution is 5.98. The molecule has 0 fully saturated rings. The Balaban J connectivity index is 1.71. The fraction of sp³-hybridized carbons (Fsp3) is 0.118. The summed E-state index contributed by atoms with van der Waals surface area (Å²) in [6.45, 7) is 0. The molecule has 0 saturated heterocycles. The molecule has 3 nitrogen and oxygen atoms in total. The molecule has 1 amide bonds. The van der Waals surface area contributed by atoms with Crippen LogP contribution in [-0.4, -0.2) is 11.9 Å². The van der Waals surface area contributed by atoms with Gasteiger partial charge < -0.3 is 10.6 Å². The predicted octanol–water partition coefficient (Wildman–Crippen LogP) is 2.64. The zero-order chi connectivity index (χ0) is 13.9. The van der Waals surface area contributed by atoms with Gasteiger partial charge in [0.25, 0.3) is 0 Å². The third kappa shape index (κ3) is 2.36. The molecule has 0 spiro atoms. The molecule has 0 radical (unpaired) electrons. The van der Waals surface area contributed by atoms with Crippen molar-refractivity contribution in [1.29, 1.82) is 0 Å². The van der Waals surface area contributed by atoms with Crippen LogP contribution in [-0.2, 0) is 11.2 Å². The van der Waals surface area contributed by atoms with Crippen molar-refractivity contribution in [2.24, 2.45) is 0 Å². The molecule has 2 aromatic rings. The second kappa shape index (κ2) is 5.10. The van der Waals surface area contributed by atoms with Gasteiger partial charge in [-0.3, -0.25) is 4.79 Å². The smallest absolute Gasteiger partial charge is 0.247 e. The first kappa shape index (κ1) is 12.3. The maximum atomic E-state index is 12.3. The van der Waals surface area contributed by atoms with Gasteiger partial charge in [0.1, 0.15) is 6.04 Å². The molecule has 1 aliphatic heterocycles. The van der Waals surface area contributed by atoms with E-state index in [4.69, 9.17) is 6.42 Å². The molecule has 0 aromatic heterocycles. The van der Waals surface area contributed by atoms with Gasteiger partial charge in [0.05, 0.1) is 0 Å². The third-order valence-corrected chi connectivity index (χ3v) is 3.38. The van der Waals surface area contributed by atoms with Crippen LogP contribution in [0.1, 0.15) is 11.1 Å². The van der Waals surface area contributed by atoms with Crippen molar-refractivity contribution in [3.05, 3.63) is 59.7 Å². The Morgan fingerprint density at radius 1 is 1.25 bits per heavy atom. The number of terminal acetylenes is 1. The van der Waals surface area contributed by atoms with Crippen LogP contribution in [0.2, 0.25) is 0 Å². The number of amides is 1. The van der Waals surface area contributed by atoms with Crippen LogP contribution in [0.4, 0.5) is 11.4 Å². The largest absolute Gasteiger partial charge is 0.373 e. The topological polar surface area (TPSA) is 41.1 Å². The Kier molecular flexibility index (Phi) is 3.14. The standard InChI is InChI=1S/C17H14N2O/c1-2-12-6-5-8-14(10-12)18-17(20)16-11-13-7-3-4-9-15(13)19-16/h1,3-10,16,19H,11H2,(H,18,20). The molecule has 2 aromatic carbocycles. The second-order valence-electron chi connectivity index (χ2n) is 4.77. The highest BCUT2D eigenvalue weighted by atomic mass is 16.2. The first-order valence-electron chi connectivity index (χ1n) is 6.48. The Morgan fingerprint density at radius 3 is 2.90 bits per heavy atom. The van der Waals surface area contributed by atoms with Crippen molar-refractivity contribution in [1.82, 2.24) is 0 Å². The Morgan fingerprint density at radius 2 is 2.10 bits per heavy atom. The van der Waals surface area contributed by atoms with Gasteiger partial charge in [-0.15, -0.1) is 6.42 Å². The number of para-hydroxylation sites is 1. The Labute approximate surface area is 118 Å². The van der Waals surface area contributed by atoms with Crippen molar-refractivity contribution in [3.8, 4) is 12.3 Å². The summed E-state index contributed by atoms with van der Waals surface area (Å²) in [6.07, 6.45) is 6.06. The van der Waals surface area contributed by atoms with E-state index in [0.29, 0.717) is 6.42 Å². The van der Waals surface area contributed by atoms with Crippen molar-refractivity contribution in [2.45, 2.75) is 12.5 Å². The lowest BCUT2D eigenvalue weighted by molar-refractivity contribution is -0.116. The number of carbonyl (C=O) groups is 1. The molecule has 20 heavy (non-hydrogen) atoms. The van der Waals surface area contributed by atoms with Crippen LogP contribution in [0.15, 0.2) is 48.5 Å². The van der Waals surface area contributed by atoms with Crippen LogP contribution in [0.3, 0.4) is 0 Å². The summed E-state index contributed by atoms with van der Waals surface area (Å²) in [4.78, 5) is 12.3. The van der Waals surface area contributed by atoms with Crippen LogP contribution in [0, 0.1) is 12.3 Å². The van der Waals surface area contributed by atoms with Crippen molar-refractivity contribution >= 4 is 17.3 Å². The SMILES string of the molecule is C#Cc1cccc(NC(=O)C2Cc3ccccc3N2)c1. The minimum Gasteiger partial charge on any atom is -0.373 e. The van der Waals surface area contributed by atoms with Gasteiger partial charge in [0, 0.05) is 23.4 Å². The molecule has 98 valence electrons. The summed E-state index contributed by atoms with van der Waals surface area (Å²) in [5.41, 5.74) is 3.68. The average molecular weight is 262 g/mol. The van der Waals surface area contributed by atoms with E-state index in [0.717, 1.165) is 16.9 Å². The molecule has 1 heterocycles. The number of hydrogen-bond acceptors (Lipinski definition) is 2.